The Morgan fingerprint density at radius 1 is 1.09 bits per heavy atom. The second-order valence-corrected chi connectivity index (χ2v) is 12.9. The Morgan fingerprint density at radius 2 is 1.81 bits per heavy atom. The van der Waals surface area contributed by atoms with Gasteiger partial charge in [0.1, 0.15) is 30.8 Å². The molecule has 1 aromatic carbocycles. The van der Waals surface area contributed by atoms with Gasteiger partial charge in [0.05, 0.1) is 6.10 Å². The smallest absolute Gasteiger partial charge is 0.407 e. The number of carbonyl (C=O) groups is 6. The minimum atomic E-state index is -1.43. The number of ether oxygens (including phenoxy) is 1. The Morgan fingerprint density at radius 3 is 2.53 bits per heavy atom. The molecule has 0 saturated carbocycles. The van der Waals surface area contributed by atoms with E-state index in [9.17, 15) is 44.0 Å². The van der Waals surface area contributed by atoms with Crippen molar-refractivity contribution in [3.05, 3.63) is 45.0 Å². The Balaban J connectivity index is 1.71. The summed E-state index contributed by atoms with van der Waals surface area (Å²) in [6, 6.07) is 2.25. The highest BCUT2D eigenvalue weighted by Crippen LogP contribution is 2.21. The number of benzene rings is 1. The first-order valence-corrected chi connectivity index (χ1v) is 17.7. The number of carbonyl (C=O) groups excluding carboxylic acids is 6. The van der Waals surface area contributed by atoms with Gasteiger partial charge in [-0.15, -0.1) is 0 Å². The standard InChI is InChI=1S/C32H47ClN10O10/c1-19(44)26-29(48)39-23(10-4-5-14-37-32(50)53-18-20-8-2-3-9-21(20)33)30(49)42-17-7-12-24(42)28(47)38-22(27(46)35-16-13-25(45)40-26)11-6-15-36-31(34)41-43(51)52/h2-3,8-9,19,22-24,26,44H,4-7,10-18H2,1H3,(H,35,46)(H,37,50)(H,38,47)(H,39,48)(H,40,45)(H3,34,36,41)/t19-,22+,23+,24+,26+/m1/s1. The molecule has 2 saturated heterocycles. The molecule has 0 bridgehead atoms. The molecule has 0 aromatic heterocycles. The minimum Gasteiger partial charge on any atom is -0.445 e. The number of hydrazine groups is 1. The van der Waals surface area contributed by atoms with E-state index in [-0.39, 0.29) is 64.9 Å². The lowest BCUT2D eigenvalue weighted by Crippen LogP contribution is -2.60. The molecule has 20 nitrogen and oxygen atoms in total. The van der Waals surface area contributed by atoms with Crippen LogP contribution in [0.2, 0.25) is 5.02 Å². The van der Waals surface area contributed by atoms with Gasteiger partial charge < -0.3 is 47.1 Å². The number of halogens is 1. The van der Waals surface area contributed by atoms with E-state index in [4.69, 9.17) is 22.1 Å². The van der Waals surface area contributed by atoms with Gasteiger partial charge >= 0.3 is 6.09 Å². The first-order chi connectivity index (χ1) is 25.3. The van der Waals surface area contributed by atoms with Crippen molar-refractivity contribution < 1.29 is 43.6 Å². The average Bonchev–Trinajstić information content (AvgIpc) is 3.60. The number of aliphatic hydroxyl groups excluding tert-OH is 1. The van der Waals surface area contributed by atoms with Gasteiger partial charge in [-0.1, -0.05) is 35.2 Å². The number of guanidine groups is 1. The van der Waals surface area contributed by atoms with Gasteiger partial charge in [0.2, 0.25) is 29.5 Å². The van der Waals surface area contributed by atoms with Crippen LogP contribution < -0.4 is 37.7 Å². The van der Waals surface area contributed by atoms with Crippen LogP contribution in [0.4, 0.5) is 4.79 Å². The van der Waals surface area contributed by atoms with Gasteiger partial charge in [0.25, 0.3) is 5.96 Å². The number of hydrogen-bond acceptors (Lipinski definition) is 11. The summed E-state index contributed by atoms with van der Waals surface area (Å²) in [6.07, 6.45) is -0.506. The van der Waals surface area contributed by atoms with Crippen molar-refractivity contribution in [2.24, 2.45) is 10.7 Å². The van der Waals surface area contributed by atoms with Gasteiger partial charge in [0.15, 0.2) is 5.03 Å². The van der Waals surface area contributed by atoms with E-state index in [1.807, 2.05) is 0 Å². The van der Waals surface area contributed by atoms with E-state index < -0.39 is 76.9 Å². The van der Waals surface area contributed by atoms with Gasteiger partial charge in [-0.05, 0) is 57.9 Å². The molecule has 1 aromatic rings. The molecule has 2 aliphatic heterocycles. The SMILES string of the molecule is C[C@@H](O)[C@@H]1NC(=O)CCNC(=O)[C@H](CCCN=C(N)N[N+](=O)[O-])NC(=O)[C@@H]2CCCN2C(=O)[C@H](CCCCNC(=O)OCc2ccccc2Cl)NC1=O. The number of alkyl carbamates (subject to hydrolysis) is 1. The number of nitro groups is 1. The molecule has 0 spiro atoms. The van der Waals surface area contributed by atoms with Gasteiger partial charge in [-0.2, -0.15) is 0 Å². The predicted molar refractivity (Wildman–Crippen MR) is 189 cm³/mol. The van der Waals surface area contributed by atoms with Crippen LogP contribution >= 0.6 is 11.6 Å². The third-order valence-corrected chi connectivity index (χ3v) is 8.83. The van der Waals surface area contributed by atoms with E-state index in [2.05, 4.69) is 31.6 Å². The Labute approximate surface area is 310 Å². The van der Waals surface area contributed by atoms with Crippen molar-refractivity contribution in [3.63, 3.8) is 0 Å². The molecule has 2 heterocycles. The van der Waals surface area contributed by atoms with Crippen LogP contribution in [-0.2, 0) is 35.3 Å². The third-order valence-electron chi connectivity index (χ3n) is 8.46. The van der Waals surface area contributed by atoms with E-state index in [1.165, 1.54) is 11.8 Å². The Bertz CT molecular complexity index is 1510. The lowest BCUT2D eigenvalue weighted by molar-refractivity contribution is -0.525. The predicted octanol–water partition coefficient (Wildman–Crippen LogP) is -1.04. The van der Waals surface area contributed by atoms with Crippen molar-refractivity contribution in [2.45, 2.75) is 95.2 Å². The highest BCUT2D eigenvalue weighted by atomic mass is 35.5. The molecule has 6 amide bonds. The van der Waals surface area contributed by atoms with Crippen LogP contribution in [0.25, 0.3) is 0 Å². The molecular formula is C32H47ClN10O10. The summed E-state index contributed by atoms with van der Waals surface area (Å²) < 4.78 is 5.21. The fourth-order valence-electron chi connectivity index (χ4n) is 5.73. The van der Waals surface area contributed by atoms with Crippen molar-refractivity contribution in [3.8, 4) is 0 Å². The number of rotatable bonds is 13. The summed E-state index contributed by atoms with van der Waals surface area (Å²) in [7, 11) is 0. The quantitative estimate of drug-likeness (QED) is 0.0393. The Kier molecular flexibility index (Phi) is 17.0. The molecule has 5 atom stereocenters. The maximum Gasteiger partial charge on any atom is 0.407 e. The Hall–Kier alpha value is -5.24. The number of nitrogens with two attached hydrogens (primary N) is 1. The maximum absolute atomic E-state index is 14.0. The fraction of sp³-hybridized carbons (Fsp3) is 0.594. The van der Waals surface area contributed by atoms with Crippen LogP contribution in [-0.4, -0.2) is 113 Å². The number of hydrogen-bond donors (Lipinski definition) is 8. The second kappa shape index (κ2) is 21.3. The number of nitrogens with zero attached hydrogens (tertiary/aromatic N) is 3. The van der Waals surface area contributed by atoms with E-state index in [0.717, 1.165) is 0 Å². The zero-order chi connectivity index (χ0) is 38.9. The fourth-order valence-corrected chi connectivity index (χ4v) is 5.92. The summed E-state index contributed by atoms with van der Waals surface area (Å²) in [5.41, 5.74) is 7.78. The first kappa shape index (κ1) is 42.2. The molecule has 292 valence electrons. The van der Waals surface area contributed by atoms with Gasteiger partial charge in [-0.3, -0.25) is 24.0 Å². The lowest BCUT2D eigenvalue weighted by Gasteiger charge is -2.31. The summed E-state index contributed by atoms with van der Waals surface area (Å²) >= 11 is 6.10. The summed E-state index contributed by atoms with van der Waals surface area (Å²) in [5.74, 6) is -3.73. The van der Waals surface area contributed by atoms with Crippen LogP contribution in [0.5, 0.6) is 0 Å². The summed E-state index contributed by atoms with van der Waals surface area (Å²) in [6.45, 7) is 1.47. The van der Waals surface area contributed by atoms with E-state index in [1.54, 1.807) is 29.7 Å². The number of unbranched alkanes of at least 4 members (excludes halogenated alkanes) is 1. The molecule has 0 unspecified atom stereocenters. The second-order valence-electron chi connectivity index (χ2n) is 12.5. The monoisotopic (exact) mass is 766 g/mol. The van der Waals surface area contributed by atoms with Crippen molar-refractivity contribution in [2.75, 3.05) is 26.2 Å². The molecule has 0 aliphatic carbocycles. The van der Waals surface area contributed by atoms with Crippen LogP contribution in [0, 0.1) is 10.1 Å². The summed E-state index contributed by atoms with van der Waals surface area (Å²) in [5, 5.41) is 33.5. The van der Waals surface area contributed by atoms with Crippen LogP contribution in [0.15, 0.2) is 29.3 Å². The number of amides is 6. The topological polar surface area (TPSA) is 289 Å². The molecule has 2 fully saturated rings. The molecular weight excluding hydrogens is 720 g/mol. The van der Waals surface area contributed by atoms with Crippen LogP contribution in [0.3, 0.4) is 0 Å². The van der Waals surface area contributed by atoms with Crippen molar-refractivity contribution in [1.29, 1.82) is 0 Å². The third kappa shape index (κ3) is 14.0. The number of aliphatic hydroxyl groups is 1. The normalized spacial score (nSPS) is 22.4. The molecule has 53 heavy (non-hydrogen) atoms. The van der Waals surface area contributed by atoms with E-state index >= 15 is 0 Å². The number of fused-ring (bicyclic) bond motifs is 1. The maximum atomic E-state index is 14.0. The largest absolute Gasteiger partial charge is 0.445 e. The average molecular weight is 767 g/mol. The highest BCUT2D eigenvalue weighted by molar-refractivity contribution is 6.31. The van der Waals surface area contributed by atoms with Gasteiger partial charge in [-0.25, -0.2) is 19.9 Å². The number of aliphatic imine (C=N–C) groups is 1. The van der Waals surface area contributed by atoms with E-state index in [0.29, 0.717) is 29.8 Å². The van der Waals surface area contributed by atoms with Gasteiger partial charge in [0, 0.05) is 43.2 Å². The zero-order valence-electron chi connectivity index (χ0n) is 29.3. The molecule has 2 aliphatic rings. The summed E-state index contributed by atoms with van der Waals surface area (Å²) in [4.78, 5) is 94.7. The first-order valence-electron chi connectivity index (χ1n) is 17.3. The highest BCUT2D eigenvalue weighted by Gasteiger charge is 2.40. The number of nitrogens with one attached hydrogen (secondary N) is 6. The molecule has 3 rings (SSSR count). The molecule has 21 heteroatoms. The van der Waals surface area contributed by atoms with Crippen molar-refractivity contribution >= 4 is 53.2 Å². The molecule has 9 N–H and O–H groups in total. The van der Waals surface area contributed by atoms with Crippen molar-refractivity contribution in [1.82, 2.24) is 36.9 Å². The van der Waals surface area contributed by atoms with Crippen LogP contribution in [0.1, 0.15) is 63.9 Å². The lowest BCUT2D eigenvalue weighted by atomic mass is 10.0. The molecule has 0 radical (unpaired) electrons. The minimum absolute atomic E-state index is 0.00978. The zero-order valence-corrected chi connectivity index (χ0v) is 30.1.